The number of hydrogen-bond donors (Lipinski definition) is 2. The number of carbonyl (C=O) groups excluding carboxylic acids is 2. The Hall–Kier alpha value is -5.75. The van der Waals surface area contributed by atoms with Gasteiger partial charge in [-0.3, -0.25) is 19.4 Å². The number of benzene rings is 3. The van der Waals surface area contributed by atoms with Gasteiger partial charge in [0.2, 0.25) is 5.91 Å². The van der Waals surface area contributed by atoms with Crippen LogP contribution in [0.2, 0.25) is 0 Å². The maximum atomic E-state index is 13.2. The zero-order valence-corrected chi connectivity index (χ0v) is 27.7. The molecule has 11 nitrogen and oxygen atoms in total. The highest BCUT2D eigenvalue weighted by Gasteiger charge is 2.26. The minimum absolute atomic E-state index is 0.00428. The average molecular weight is 667 g/mol. The Bertz CT molecular complexity index is 2050. The van der Waals surface area contributed by atoms with E-state index in [2.05, 4.69) is 37.7 Å². The second-order valence-electron chi connectivity index (χ2n) is 13.2. The topological polar surface area (TPSA) is 143 Å². The number of piperidine rings is 2. The normalized spacial score (nSPS) is 16.1. The third-order valence-electron chi connectivity index (χ3n) is 9.68. The first-order chi connectivity index (χ1) is 24.4. The van der Waals surface area contributed by atoms with Crippen molar-refractivity contribution in [1.29, 1.82) is 10.5 Å². The number of rotatable bonds is 9. The summed E-state index contributed by atoms with van der Waals surface area (Å²) in [5.74, 6) is -0.0434. The SMILES string of the molecule is N#Cc1ccc(CN2CCC(NC(=O)c3cc4cc(NC(=O)C5CCN(Cc6cnn(-c7ccc(C#N)cc7)c6)CC5)ccc4o3)CC2)cc1. The summed E-state index contributed by atoms with van der Waals surface area (Å²) in [4.78, 5) is 31.0. The minimum Gasteiger partial charge on any atom is -0.451 e. The van der Waals surface area contributed by atoms with Gasteiger partial charge in [0, 0.05) is 61.0 Å². The molecule has 0 spiro atoms. The highest BCUT2D eigenvalue weighted by Crippen LogP contribution is 2.26. The van der Waals surface area contributed by atoms with Crippen molar-refractivity contribution >= 4 is 28.5 Å². The van der Waals surface area contributed by atoms with Gasteiger partial charge in [-0.25, -0.2) is 4.68 Å². The molecule has 5 aromatic rings. The molecule has 2 aliphatic heterocycles. The molecule has 2 N–H and O–H groups in total. The number of nitriles is 2. The predicted molar refractivity (Wildman–Crippen MR) is 188 cm³/mol. The van der Waals surface area contributed by atoms with E-state index < -0.39 is 0 Å². The molecule has 0 atom stereocenters. The molecule has 7 rings (SSSR count). The molecule has 0 saturated carbocycles. The van der Waals surface area contributed by atoms with E-state index in [1.54, 1.807) is 24.3 Å². The van der Waals surface area contributed by atoms with E-state index in [0.717, 1.165) is 81.6 Å². The van der Waals surface area contributed by atoms with Gasteiger partial charge < -0.3 is 15.1 Å². The molecule has 0 aliphatic carbocycles. The molecule has 2 saturated heterocycles. The van der Waals surface area contributed by atoms with Crippen LogP contribution in [0.1, 0.15) is 58.5 Å². The third-order valence-corrected chi connectivity index (χ3v) is 9.68. The van der Waals surface area contributed by atoms with Crippen molar-refractivity contribution in [3.63, 3.8) is 0 Å². The Balaban J connectivity index is 0.863. The zero-order chi connectivity index (χ0) is 34.5. The molecule has 11 heteroatoms. The number of furan rings is 1. The van der Waals surface area contributed by atoms with Crippen LogP contribution in [0.5, 0.6) is 0 Å². The van der Waals surface area contributed by atoms with Crippen molar-refractivity contribution < 1.29 is 14.0 Å². The smallest absolute Gasteiger partial charge is 0.287 e. The summed E-state index contributed by atoms with van der Waals surface area (Å²) in [5, 5.41) is 29.5. The standard InChI is InChI=1S/C39H38N8O3/c40-21-27-1-3-29(4-2-27)24-46-17-13-33(14-18-46)43-39(49)37-20-32-19-34(7-10-36(32)50-37)44-38(48)31-11-15-45(16-12-31)25-30-23-42-47(26-30)35-8-5-28(22-41)6-9-35/h1-10,19-20,23,26,31,33H,11-18,24-25H2,(H,43,49)(H,44,48). The number of amides is 2. The Labute approximate surface area is 290 Å². The Morgan fingerprint density at radius 2 is 1.44 bits per heavy atom. The van der Waals surface area contributed by atoms with E-state index >= 15 is 0 Å². The van der Waals surface area contributed by atoms with Crippen molar-refractivity contribution in [2.24, 2.45) is 5.92 Å². The average Bonchev–Trinajstić information content (AvgIpc) is 3.80. The van der Waals surface area contributed by atoms with Gasteiger partial charge in [-0.1, -0.05) is 12.1 Å². The number of fused-ring (bicyclic) bond motifs is 1. The van der Waals surface area contributed by atoms with Crippen LogP contribution in [0.4, 0.5) is 5.69 Å². The van der Waals surface area contributed by atoms with E-state index in [9.17, 15) is 9.59 Å². The van der Waals surface area contributed by atoms with E-state index in [1.807, 2.05) is 65.6 Å². The second-order valence-corrected chi connectivity index (χ2v) is 13.2. The van der Waals surface area contributed by atoms with Crippen LogP contribution in [-0.4, -0.2) is 63.6 Å². The molecule has 2 aliphatic rings. The maximum Gasteiger partial charge on any atom is 0.287 e. The third kappa shape index (κ3) is 7.76. The van der Waals surface area contributed by atoms with E-state index in [0.29, 0.717) is 22.4 Å². The quantitative estimate of drug-likeness (QED) is 0.207. The van der Waals surface area contributed by atoms with Crippen LogP contribution < -0.4 is 10.6 Å². The lowest BCUT2D eigenvalue weighted by atomic mass is 9.95. The summed E-state index contributed by atoms with van der Waals surface area (Å²) >= 11 is 0. The van der Waals surface area contributed by atoms with E-state index in [-0.39, 0.29) is 29.5 Å². The van der Waals surface area contributed by atoms with Crippen LogP contribution in [0.15, 0.2) is 89.6 Å². The van der Waals surface area contributed by atoms with Gasteiger partial charge >= 0.3 is 0 Å². The monoisotopic (exact) mass is 666 g/mol. The van der Waals surface area contributed by atoms with Gasteiger partial charge in [0.1, 0.15) is 5.58 Å². The fourth-order valence-electron chi connectivity index (χ4n) is 6.80. The van der Waals surface area contributed by atoms with Crippen LogP contribution in [0.3, 0.4) is 0 Å². The fraction of sp³-hybridized carbons (Fsp3) is 0.308. The predicted octanol–water partition coefficient (Wildman–Crippen LogP) is 5.61. The van der Waals surface area contributed by atoms with Crippen molar-refractivity contribution in [2.75, 3.05) is 31.5 Å². The molecular formula is C39H38N8O3. The molecule has 2 amide bonds. The van der Waals surface area contributed by atoms with E-state index in [4.69, 9.17) is 14.9 Å². The van der Waals surface area contributed by atoms with Gasteiger partial charge in [0.15, 0.2) is 5.76 Å². The number of nitrogens with one attached hydrogen (secondary N) is 2. The number of anilines is 1. The lowest BCUT2D eigenvalue weighted by Gasteiger charge is -2.32. The molecule has 0 unspecified atom stereocenters. The molecule has 0 bridgehead atoms. The Kier molecular flexibility index (Phi) is 9.70. The van der Waals surface area contributed by atoms with Crippen molar-refractivity contribution in [3.8, 4) is 17.8 Å². The van der Waals surface area contributed by atoms with Gasteiger partial charge in [0.05, 0.1) is 35.1 Å². The summed E-state index contributed by atoms with van der Waals surface area (Å²) in [7, 11) is 0. The molecule has 3 aromatic carbocycles. The van der Waals surface area contributed by atoms with Gasteiger partial charge in [-0.05, 0) is 105 Å². The van der Waals surface area contributed by atoms with Crippen LogP contribution in [0, 0.1) is 28.6 Å². The summed E-state index contributed by atoms with van der Waals surface area (Å²) < 4.78 is 7.70. The number of aromatic nitrogens is 2. The number of carbonyl (C=O) groups is 2. The molecule has 4 heterocycles. The Morgan fingerprint density at radius 3 is 2.12 bits per heavy atom. The second kappa shape index (κ2) is 14.8. The molecule has 2 aromatic heterocycles. The van der Waals surface area contributed by atoms with Gasteiger partial charge in [-0.15, -0.1) is 0 Å². The first-order valence-corrected chi connectivity index (χ1v) is 17.1. The fourth-order valence-corrected chi connectivity index (χ4v) is 6.80. The maximum absolute atomic E-state index is 13.2. The first kappa shape index (κ1) is 32.8. The van der Waals surface area contributed by atoms with Crippen molar-refractivity contribution in [3.05, 3.63) is 113 Å². The van der Waals surface area contributed by atoms with Crippen molar-refractivity contribution in [1.82, 2.24) is 24.9 Å². The molecular weight excluding hydrogens is 628 g/mol. The summed E-state index contributed by atoms with van der Waals surface area (Å²) in [5.41, 5.74) is 5.74. The number of likely N-dealkylation sites (tertiary alicyclic amines) is 2. The summed E-state index contributed by atoms with van der Waals surface area (Å²) in [6.07, 6.45) is 7.10. The van der Waals surface area contributed by atoms with Crippen LogP contribution in [-0.2, 0) is 17.9 Å². The molecule has 0 radical (unpaired) electrons. The number of hydrogen-bond acceptors (Lipinski definition) is 8. The highest BCUT2D eigenvalue weighted by molar-refractivity contribution is 5.98. The van der Waals surface area contributed by atoms with Gasteiger partial charge in [-0.2, -0.15) is 15.6 Å². The van der Waals surface area contributed by atoms with Gasteiger partial charge in [0.25, 0.3) is 5.91 Å². The molecule has 2 fully saturated rings. The largest absolute Gasteiger partial charge is 0.451 e. The number of nitrogens with zero attached hydrogens (tertiary/aromatic N) is 6. The van der Waals surface area contributed by atoms with Crippen LogP contribution in [0.25, 0.3) is 16.7 Å². The molecule has 50 heavy (non-hydrogen) atoms. The van der Waals surface area contributed by atoms with E-state index in [1.165, 1.54) is 5.56 Å². The summed E-state index contributed by atoms with van der Waals surface area (Å²) in [6.45, 7) is 4.96. The zero-order valence-electron chi connectivity index (χ0n) is 27.7. The summed E-state index contributed by atoms with van der Waals surface area (Å²) in [6, 6.07) is 26.6. The van der Waals surface area contributed by atoms with Crippen LogP contribution >= 0.6 is 0 Å². The minimum atomic E-state index is -0.231. The Morgan fingerprint density at radius 1 is 0.800 bits per heavy atom. The highest BCUT2D eigenvalue weighted by atomic mass is 16.3. The lowest BCUT2D eigenvalue weighted by molar-refractivity contribution is -0.121. The first-order valence-electron chi connectivity index (χ1n) is 17.1. The molecule has 252 valence electrons. The lowest BCUT2D eigenvalue weighted by Crippen LogP contribution is -2.44. The van der Waals surface area contributed by atoms with Crippen molar-refractivity contribution in [2.45, 2.75) is 44.8 Å².